The van der Waals surface area contributed by atoms with E-state index < -0.39 is 0 Å². The van der Waals surface area contributed by atoms with Crippen LogP contribution in [0.1, 0.15) is 17.0 Å². The molecule has 8 heteroatoms. The Hall–Kier alpha value is -3.55. The molecule has 0 aliphatic carbocycles. The van der Waals surface area contributed by atoms with Gasteiger partial charge in [-0.05, 0) is 49.2 Å². The Bertz CT molecular complexity index is 1030. The lowest BCUT2D eigenvalue weighted by molar-refractivity contribution is -0.132. The number of ether oxygens (including phenoxy) is 3. The molecule has 8 nitrogen and oxygen atoms in total. The molecule has 0 atom stereocenters. The number of rotatable bonds is 8. The average Bonchev–Trinajstić information content (AvgIpc) is 3.22. The van der Waals surface area contributed by atoms with Gasteiger partial charge in [0, 0.05) is 12.6 Å². The normalized spacial score (nSPS) is 10.6. The maximum absolute atomic E-state index is 12.4. The second kappa shape index (κ2) is 9.30. The van der Waals surface area contributed by atoms with Crippen LogP contribution in [0.25, 0.3) is 11.5 Å². The molecule has 3 rings (SSSR count). The summed E-state index contributed by atoms with van der Waals surface area (Å²) in [4.78, 5) is 13.9. The van der Waals surface area contributed by atoms with Crippen molar-refractivity contribution in [3.63, 3.8) is 0 Å². The van der Waals surface area contributed by atoms with Gasteiger partial charge in [0.2, 0.25) is 11.8 Å². The summed E-state index contributed by atoms with van der Waals surface area (Å²) in [5.74, 6) is 2.33. The van der Waals surface area contributed by atoms with Gasteiger partial charge in [-0.2, -0.15) is 0 Å². The number of benzene rings is 2. The highest BCUT2D eigenvalue weighted by molar-refractivity contribution is 5.77. The van der Waals surface area contributed by atoms with Crippen LogP contribution in [0.4, 0.5) is 0 Å². The third-order valence-corrected chi connectivity index (χ3v) is 4.80. The summed E-state index contributed by atoms with van der Waals surface area (Å²) in [5, 5.41) is 8.10. The molecule has 0 bridgehead atoms. The van der Waals surface area contributed by atoms with Crippen LogP contribution in [0.15, 0.2) is 40.8 Å². The third-order valence-electron chi connectivity index (χ3n) is 4.80. The molecule has 1 heterocycles. The van der Waals surface area contributed by atoms with Crippen LogP contribution < -0.4 is 14.2 Å². The molecule has 0 radical (unpaired) electrons. The zero-order valence-corrected chi connectivity index (χ0v) is 17.8. The molecule has 1 amide bonds. The van der Waals surface area contributed by atoms with Gasteiger partial charge in [-0.1, -0.05) is 12.1 Å². The molecule has 0 fully saturated rings. The number of likely N-dealkylation sites (N-methyl/N-ethyl adjacent to an activating group) is 1. The number of aromatic nitrogens is 2. The van der Waals surface area contributed by atoms with E-state index in [9.17, 15) is 4.79 Å². The van der Waals surface area contributed by atoms with Gasteiger partial charge in [-0.25, -0.2) is 0 Å². The second-order valence-electron chi connectivity index (χ2n) is 6.81. The highest BCUT2D eigenvalue weighted by Gasteiger charge is 2.17. The molecule has 2 aromatic carbocycles. The summed E-state index contributed by atoms with van der Waals surface area (Å²) in [6.07, 6.45) is 0. The molecule has 3 aromatic rings. The van der Waals surface area contributed by atoms with E-state index >= 15 is 0 Å². The van der Waals surface area contributed by atoms with E-state index in [0.29, 0.717) is 34.6 Å². The van der Waals surface area contributed by atoms with Crippen LogP contribution in [-0.2, 0) is 11.3 Å². The quantitative estimate of drug-likeness (QED) is 0.561. The minimum Gasteiger partial charge on any atom is -0.493 e. The minimum atomic E-state index is -0.193. The van der Waals surface area contributed by atoms with Crippen molar-refractivity contribution in [3.8, 4) is 28.7 Å². The topological polar surface area (TPSA) is 86.9 Å². The summed E-state index contributed by atoms with van der Waals surface area (Å²) in [6, 6.07) is 11.1. The number of hydrogen-bond donors (Lipinski definition) is 0. The SMILES string of the molecule is COc1ccc(-c2nnc(CN(C)C(=O)COc3cccc(C)c3C)o2)cc1OC. The first-order valence-corrected chi connectivity index (χ1v) is 9.40. The lowest BCUT2D eigenvalue weighted by Crippen LogP contribution is -2.31. The van der Waals surface area contributed by atoms with Gasteiger partial charge >= 0.3 is 0 Å². The molecule has 0 unspecified atom stereocenters. The summed E-state index contributed by atoms with van der Waals surface area (Å²) in [7, 11) is 4.79. The molecule has 158 valence electrons. The Kier molecular flexibility index (Phi) is 6.56. The molecule has 30 heavy (non-hydrogen) atoms. The zero-order chi connectivity index (χ0) is 21.7. The summed E-state index contributed by atoms with van der Waals surface area (Å²) < 4.78 is 21.9. The lowest BCUT2D eigenvalue weighted by Gasteiger charge is -2.16. The van der Waals surface area contributed by atoms with Crippen LogP contribution >= 0.6 is 0 Å². The van der Waals surface area contributed by atoms with Gasteiger partial charge in [0.05, 0.1) is 20.8 Å². The van der Waals surface area contributed by atoms with E-state index in [4.69, 9.17) is 18.6 Å². The first-order valence-electron chi connectivity index (χ1n) is 9.40. The molecule has 0 N–H and O–H groups in total. The summed E-state index contributed by atoms with van der Waals surface area (Å²) in [5.41, 5.74) is 2.82. The van der Waals surface area contributed by atoms with Crippen LogP contribution in [0.2, 0.25) is 0 Å². The number of nitrogens with zero attached hydrogens (tertiary/aromatic N) is 3. The maximum Gasteiger partial charge on any atom is 0.260 e. The number of hydrogen-bond acceptors (Lipinski definition) is 7. The summed E-state index contributed by atoms with van der Waals surface area (Å²) >= 11 is 0. The number of carbonyl (C=O) groups is 1. The molecular weight excluding hydrogens is 386 g/mol. The Morgan fingerprint density at radius 3 is 2.53 bits per heavy atom. The van der Waals surface area contributed by atoms with E-state index in [1.165, 1.54) is 4.90 Å². The maximum atomic E-state index is 12.4. The van der Waals surface area contributed by atoms with Crippen LogP contribution in [0.3, 0.4) is 0 Å². The van der Waals surface area contributed by atoms with Crippen molar-refractivity contribution in [3.05, 3.63) is 53.4 Å². The Labute approximate surface area is 175 Å². The van der Waals surface area contributed by atoms with Crippen molar-refractivity contribution < 1.29 is 23.4 Å². The highest BCUT2D eigenvalue weighted by atomic mass is 16.5. The van der Waals surface area contributed by atoms with Crippen molar-refractivity contribution in [1.29, 1.82) is 0 Å². The van der Waals surface area contributed by atoms with Crippen LogP contribution in [-0.4, -0.2) is 48.9 Å². The third kappa shape index (κ3) is 4.71. The minimum absolute atomic E-state index is 0.0720. The van der Waals surface area contributed by atoms with Crippen molar-refractivity contribution in [1.82, 2.24) is 15.1 Å². The average molecular weight is 411 g/mol. The number of aryl methyl sites for hydroxylation is 1. The predicted octanol–water partition coefficient (Wildman–Crippen LogP) is 3.41. The fourth-order valence-corrected chi connectivity index (χ4v) is 2.82. The van der Waals surface area contributed by atoms with Gasteiger partial charge in [-0.3, -0.25) is 4.79 Å². The number of methoxy groups -OCH3 is 2. The fourth-order valence-electron chi connectivity index (χ4n) is 2.82. The summed E-state index contributed by atoms with van der Waals surface area (Å²) in [6.45, 7) is 4.07. The predicted molar refractivity (Wildman–Crippen MR) is 111 cm³/mol. The number of amides is 1. The monoisotopic (exact) mass is 411 g/mol. The van der Waals surface area contributed by atoms with Gasteiger partial charge in [0.15, 0.2) is 18.1 Å². The fraction of sp³-hybridized carbons (Fsp3) is 0.318. The first-order chi connectivity index (χ1) is 14.4. The van der Waals surface area contributed by atoms with Gasteiger partial charge < -0.3 is 23.5 Å². The van der Waals surface area contributed by atoms with Gasteiger partial charge in [0.1, 0.15) is 5.75 Å². The van der Waals surface area contributed by atoms with E-state index in [1.807, 2.05) is 32.0 Å². The zero-order valence-electron chi connectivity index (χ0n) is 17.8. The Morgan fingerprint density at radius 1 is 1.03 bits per heavy atom. The molecule has 0 saturated heterocycles. The first kappa shape index (κ1) is 21.2. The van der Waals surface area contributed by atoms with Crippen molar-refractivity contribution in [2.75, 3.05) is 27.9 Å². The van der Waals surface area contributed by atoms with Gasteiger partial charge in [-0.15, -0.1) is 10.2 Å². The Morgan fingerprint density at radius 2 is 1.80 bits per heavy atom. The molecule has 0 saturated carbocycles. The smallest absolute Gasteiger partial charge is 0.260 e. The largest absolute Gasteiger partial charge is 0.493 e. The van der Waals surface area contributed by atoms with Crippen molar-refractivity contribution >= 4 is 5.91 Å². The van der Waals surface area contributed by atoms with Gasteiger partial charge in [0.25, 0.3) is 5.91 Å². The molecule has 0 aliphatic rings. The van der Waals surface area contributed by atoms with E-state index in [2.05, 4.69) is 10.2 Å². The highest BCUT2D eigenvalue weighted by Crippen LogP contribution is 2.31. The molecule has 1 aromatic heterocycles. The Balaban J connectivity index is 1.62. The molecular formula is C22H25N3O5. The van der Waals surface area contributed by atoms with E-state index in [-0.39, 0.29) is 19.1 Å². The number of carbonyl (C=O) groups excluding carboxylic acids is 1. The van der Waals surface area contributed by atoms with Crippen molar-refractivity contribution in [2.24, 2.45) is 0 Å². The molecule has 0 spiro atoms. The molecule has 0 aliphatic heterocycles. The van der Waals surface area contributed by atoms with Crippen molar-refractivity contribution in [2.45, 2.75) is 20.4 Å². The lowest BCUT2D eigenvalue weighted by atomic mass is 10.1. The van der Waals surface area contributed by atoms with Crippen LogP contribution in [0.5, 0.6) is 17.2 Å². The van der Waals surface area contributed by atoms with E-state index in [0.717, 1.165) is 11.1 Å². The second-order valence-corrected chi connectivity index (χ2v) is 6.81. The van der Waals surface area contributed by atoms with Crippen LogP contribution in [0, 0.1) is 13.8 Å². The van der Waals surface area contributed by atoms with E-state index in [1.54, 1.807) is 39.5 Å². The standard InChI is InChI=1S/C22H25N3O5/c1-14-7-6-8-17(15(14)2)29-13-21(26)25(3)12-20-23-24-22(30-20)16-9-10-18(27-4)19(11-16)28-5/h6-11H,12-13H2,1-5H3.